The first-order valence-electron chi connectivity index (χ1n) is 7.05. The summed E-state index contributed by atoms with van der Waals surface area (Å²) in [6.07, 6.45) is 1.13. The van der Waals surface area contributed by atoms with E-state index in [-0.39, 0.29) is 11.6 Å². The normalized spacial score (nSPS) is 10.6. The van der Waals surface area contributed by atoms with E-state index >= 15 is 0 Å². The van der Waals surface area contributed by atoms with Crippen molar-refractivity contribution in [1.82, 2.24) is 5.32 Å². The SMILES string of the molecule is CCCNCc1ccc(COc2ccc(Br)cc2F)cc1. The number of ether oxygens (including phenoxy) is 1. The number of rotatable bonds is 7. The summed E-state index contributed by atoms with van der Waals surface area (Å²) in [6, 6.07) is 13.0. The van der Waals surface area contributed by atoms with Crippen molar-refractivity contribution in [2.24, 2.45) is 0 Å². The molecule has 0 saturated heterocycles. The summed E-state index contributed by atoms with van der Waals surface area (Å²) in [7, 11) is 0. The molecule has 112 valence electrons. The quantitative estimate of drug-likeness (QED) is 0.732. The first-order chi connectivity index (χ1) is 10.2. The van der Waals surface area contributed by atoms with E-state index in [1.807, 2.05) is 12.1 Å². The van der Waals surface area contributed by atoms with Gasteiger partial charge in [-0.3, -0.25) is 0 Å². The molecule has 0 unspecified atom stereocenters. The lowest BCUT2D eigenvalue weighted by atomic mass is 10.1. The van der Waals surface area contributed by atoms with Crippen LogP contribution in [0.15, 0.2) is 46.9 Å². The van der Waals surface area contributed by atoms with Crippen molar-refractivity contribution in [2.75, 3.05) is 6.54 Å². The number of benzene rings is 2. The third-order valence-corrected chi connectivity index (χ3v) is 3.56. The zero-order valence-electron chi connectivity index (χ0n) is 12.0. The predicted octanol–water partition coefficient (Wildman–Crippen LogP) is 4.67. The van der Waals surface area contributed by atoms with E-state index in [2.05, 4.69) is 40.3 Å². The van der Waals surface area contributed by atoms with Crippen LogP contribution in [0.25, 0.3) is 0 Å². The van der Waals surface area contributed by atoms with E-state index in [9.17, 15) is 4.39 Å². The third-order valence-electron chi connectivity index (χ3n) is 3.07. The highest BCUT2D eigenvalue weighted by molar-refractivity contribution is 9.10. The van der Waals surface area contributed by atoms with E-state index in [0.29, 0.717) is 11.1 Å². The first-order valence-corrected chi connectivity index (χ1v) is 7.84. The molecule has 0 radical (unpaired) electrons. The fourth-order valence-electron chi connectivity index (χ4n) is 1.92. The summed E-state index contributed by atoms with van der Waals surface area (Å²) in [5.41, 5.74) is 2.26. The van der Waals surface area contributed by atoms with Crippen LogP contribution in [-0.2, 0) is 13.2 Å². The minimum Gasteiger partial charge on any atom is -0.486 e. The average Bonchev–Trinajstić information content (AvgIpc) is 2.48. The van der Waals surface area contributed by atoms with Gasteiger partial charge < -0.3 is 10.1 Å². The smallest absolute Gasteiger partial charge is 0.166 e. The van der Waals surface area contributed by atoms with Gasteiger partial charge in [-0.1, -0.05) is 47.1 Å². The maximum Gasteiger partial charge on any atom is 0.166 e. The Labute approximate surface area is 133 Å². The fraction of sp³-hybridized carbons (Fsp3) is 0.294. The lowest BCUT2D eigenvalue weighted by Crippen LogP contribution is -2.13. The van der Waals surface area contributed by atoms with E-state index in [1.165, 1.54) is 11.6 Å². The van der Waals surface area contributed by atoms with Gasteiger partial charge in [0, 0.05) is 11.0 Å². The highest BCUT2D eigenvalue weighted by atomic mass is 79.9. The highest BCUT2D eigenvalue weighted by Crippen LogP contribution is 2.22. The second-order valence-corrected chi connectivity index (χ2v) is 5.77. The van der Waals surface area contributed by atoms with Crippen LogP contribution in [0.3, 0.4) is 0 Å². The molecule has 0 amide bonds. The van der Waals surface area contributed by atoms with E-state index in [4.69, 9.17) is 4.74 Å². The maximum atomic E-state index is 13.6. The predicted molar refractivity (Wildman–Crippen MR) is 86.9 cm³/mol. The van der Waals surface area contributed by atoms with Crippen molar-refractivity contribution in [3.05, 3.63) is 63.9 Å². The van der Waals surface area contributed by atoms with E-state index in [1.54, 1.807) is 12.1 Å². The molecule has 2 aromatic rings. The Morgan fingerprint density at radius 3 is 2.48 bits per heavy atom. The Hall–Kier alpha value is -1.39. The lowest BCUT2D eigenvalue weighted by Gasteiger charge is -2.09. The summed E-state index contributed by atoms with van der Waals surface area (Å²) in [4.78, 5) is 0. The Balaban J connectivity index is 1.88. The molecule has 0 saturated carbocycles. The van der Waals surface area contributed by atoms with Gasteiger partial charge in [-0.05, 0) is 42.3 Å². The lowest BCUT2D eigenvalue weighted by molar-refractivity contribution is 0.290. The van der Waals surface area contributed by atoms with Crippen LogP contribution in [0.5, 0.6) is 5.75 Å². The molecule has 21 heavy (non-hydrogen) atoms. The van der Waals surface area contributed by atoms with Crippen molar-refractivity contribution in [3.8, 4) is 5.75 Å². The van der Waals surface area contributed by atoms with Crippen molar-refractivity contribution in [1.29, 1.82) is 0 Å². The van der Waals surface area contributed by atoms with Crippen LogP contribution >= 0.6 is 15.9 Å². The largest absolute Gasteiger partial charge is 0.486 e. The summed E-state index contributed by atoms with van der Waals surface area (Å²) in [6.45, 7) is 4.40. The van der Waals surface area contributed by atoms with Crippen molar-refractivity contribution in [3.63, 3.8) is 0 Å². The van der Waals surface area contributed by atoms with Gasteiger partial charge in [-0.25, -0.2) is 4.39 Å². The molecule has 0 aliphatic carbocycles. The van der Waals surface area contributed by atoms with Crippen LogP contribution < -0.4 is 10.1 Å². The van der Waals surface area contributed by atoms with Gasteiger partial charge in [0.2, 0.25) is 0 Å². The molecule has 2 nitrogen and oxygen atoms in total. The average molecular weight is 352 g/mol. The van der Waals surface area contributed by atoms with Crippen LogP contribution in [0, 0.1) is 5.82 Å². The van der Waals surface area contributed by atoms with E-state index < -0.39 is 0 Å². The Kier molecular flexibility index (Phi) is 6.21. The molecular weight excluding hydrogens is 333 g/mol. The second kappa shape index (κ2) is 8.15. The van der Waals surface area contributed by atoms with Crippen molar-refractivity contribution >= 4 is 15.9 Å². The van der Waals surface area contributed by atoms with Crippen LogP contribution in [0.2, 0.25) is 0 Å². The second-order valence-electron chi connectivity index (χ2n) is 4.86. The minimum absolute atomic E-state index is 0.270. The first kappa shape index (κ1) is 16.0. The van der Waals surface area contributed by atoms with E-state index in [0.717, 1.165) is 25.1 Å². The number of hydrogen-bond donors (Lipinski definition) is 1. The molecule has 4 heteroatoms. The molecule has 0 heterocycles. The molecule has 2 rings (SSSR count). The molecule has 0 aliphatic rings. The van der Waals surface area contributed by atoms with Gasteiger partial charge in [-0.2, -0.15) is 0 Å². The topological polar surface area (TPSA) is 21.3 Å². The molecule has 0 fully saturated rings. The Morgan fingerprint density at radius 2 is 1.81 bits per heavy atom. The standard InChI is InChI=1S/C17H19BrFNO/c1-2-9-20-11-13-3-5-14(6-4-13)12-21-17-8-7-15(18)10-16(17)19/h3-8,10,20H,2,9,11-12H2,1H3. The summed E-state index contributed by atoms with van der Waals surface area (Å²) < 4.78 is 19.8. The van der Waals surface area contributed by atoms with Gasteiger partial charge in [-0.15, -0.1) is 0 Å². The number of hydrogen-bond acceptors (Lipinski definition) is 2. The number of nitrogens with one attached hydrogen (secondary N) is 1. The third kappa shape index (κ3) is 5.14. The molecular formula is C17H19BrFNO. The summed E-state index contributed by atoms with van der Waals surface area (Å²) in [5, 5.41) is 3.36. The molecule has 0 bridgehead atoms. The molecule has 0 aliphatic heterocycles. The summed E-state index contributed by atoms with van der Waals surface area (Å²) in [5.74, 6) is -0.0864. The molecule has 0 aromatic heterocycles. The van der Waals surface area contributed by atoms with Crippen LogP contribution in [0.1, 0.15) is 24.5 Å². The van der Waals surface area contributed by atoms with Gasteiger partial charge in [0.1, 0.15) is 6.61 Å². The monoisotopic (exact) mass is 351 g/mol. The zero-order valence-corrected chi connectivity index (χ0v) is 13.6. The zero-order chi connectivity index (χ0) is 15.1. The van der Waals surface area contributed by atoms with Gasteiger partial charge in [0.15, 0.2) is 11.6 Å². The minimum atomic E-state index is -0.357. The van der Waals surface area contributed by atoms with Gasteiger partial charge in [0.05, 0.1) is 0 Å². The van der Waals surface area contributed by atoms with Crippen LogP contribution in [0.4, 0.5) is 4.39 Å². The van der Waals surface area contributed by atoms with Gasteiger partial charge in [0.25, 0.3) is 0 Å². The highest BCUT2D eigenvalue weighted by Gasteiger charge is 2.04. The number of halogens is 2. The molecule has 0 atom stereocenters. The fourth-order valence-corrected chi connectivity index (χ4v) is 2.25. The van der Waals surface area contributed by atoms with Crippen molar-refractivity contribution in [2.45, 2.75) is 26.5 Å². The van der Waals surface area contributed by atoms with Crippen molar-refractivity contribution < 1.29 is 9.13 Å². The van der Waals surface area contributed by atoms with Crippen LogP contribution in [-0.4, -0.2) is 6.54 Å². The Bertz CT molecular complexity index is 572. The maximum absolute atomic E-state index is 13.6. The summed E-state index contributed by atoms with van der Waals surface area (Å²) >= 11 is 3.22. The molecule has 1 N–H and O–H groups in total. The molecule has 0 spiro atoms. The Morgan fingerprint density at radius 1 is 1.10 bits per heavy atom. The molecule has 2 aromatic carbocycles. The van der Waals surface area contributed by atoms with Gasteiger partial charge >= 0.3 is 0 Å².